The van der Waals surface area contributed by atoms with Crippen LogP contribution in [0.25, 0.3) is 16.4 Å². The highest BCUT2D eigenvalue weighted by atomic mass is 35.5. The van der Waals surface area contributed by atoms with Crippen LogP contribution in [-0.4, -0.2) is 46.5 Å². The van der Waals surface area contributed by atoms with E-state index in [0.29, 0.717) is 36.7 Å². The molecule has 1 amide bonds. The Labute approximate surface area is 183 Å². The van der Waals surface area contributed by atoms with Crippen molar-refractivity contribution in [1.82, 2.24) is 19.6 Å². The van der Waals surface area contributed by atoms with E-state index < -0.39 is 5.91 Å². The minimum atomic E-state index is -0.411. The van der Waals surface area contributed by atoms with Gasteiger partial charge in [0.1, 0.15) is 5.56 Å². The third-order valence-corrected chi connectivity index (χ3v) is 5.86. The molecule has 1 aliphatic rings. The molecule has 31 heavy (non-hydrogen) atoms. The molecule has 0 bridgehead atoms. The van der Waals surface area contributed by atoms with Gasteiger partial charge in [0.15, 0.2) is 0 Å². The number of carbonyl (C=O) groups excluding carboxylic acids is 1. The van der Waals surface area contributed by atoms with Crippen molar-refractivity contribution in [3.63, 3.8) is 0 Å². The van der Waals surface area contributed by atoms with Gasteiger partial charge in [0.2, 0.25) is 5.43 Å². The van der Waals surface area contributed by atoms with E-state index in [1.165, 1.54) is 0 Å². The zero-order valence-corrected chi connectivity index (χ0v) is 17.6. The van der Waals surface area contributed by atoms with Crippen LogP contribution in [0.3, 0.4) is 0 Å². The van der Waals surface area contributed by atoms with E-state index in [1.807, 2.05) is 24.3 Å². The highest BCUT2D eigenvalue weighted by Gasteiger charge is 2.19. The van der Waals surface area contributed by atoms with E-state index in [9.17, 15) is 9.59 Å². The molecule has 5 rings (SSSR count). The molecule has 0 unspecified atom stereocenters. The van der Waals surface area contributed by atoms with Gasteiger partial charge in [-0.15, -0.1) is 0 Å². The van der Waals surface area contributed by atoms with Crippen molar-refractivity contribution in [3.8, 4) is 0 Å². The van der Waals surface area contributed by atoms with Crippen molar-refractivity contribution in [2.24, 2.45) is 0 Å². The van der Waals surface area contributed by atoms with Crippen LogP contribution >= 0.6 is 11.6 Å². The molecule has 7 nitrogen and oxygen atoms in total. The van der Waals surface area contributed by atoms with Crippen molar-refractivity contribution in [1.29, 1.82) is 0 Å². The van der Waals surface area contributed by atoms with Gasteiger partial charge < -0.3 is 14.5 Å². The highest BCUT2D eigenvalue weighted by molar-refractivity contribution is 6.30. The number of rotatable bonds is 5. The molecule has 4 aromatic rings. The number of carbonyl (C=O) groups is 1. The lowest BCUT2D eigenvalue weighted by Crippen LogP contribution is -2.35. The van der Waals surface area contributed by atoms with Crippen LogP contribution in [0.1, 0.15) is 21.5 Å². The van der Waals surface area contributed by atoms with Crippen molar-refractivity contribution >= 4 is 33.9 Å². The summed E-state index contributed by atoms with van der Waals surface area (Å²) in [6, 6.07) is 11.1. The summed E-state index contributed by atoms with van der Waals surface area (Å²) in [5.74, 6) is -0.411. The molecular weight excluding hydrogens is 416 g/mol. The number of hydrogen-bond acceptors (Lipinski definition) is 5. The zero-order valence-electron chi connectivity index (χ0n) is 16.8. The number of pyridine rings is 1. The van der Waals surface area contributed by atoms with Crippen molar-refractivity contribution in [2.45, 2.75) is 13.1 Å². The number of hydrogen-bond donors (Lipinski definition) is 1. The summed E-state index contributed by atoms with van der Waals surface area (Å²) in [7, 11) is 0. The van der Waals surface area contributed by atoms with Gasteiger partial charge in [0, 0.05) is 42.8 Å². The summed E-state index contributed by atoms with van der Waals surface area (Å²) in [5.41, 5.74) is 3.22. The molecule has 1 aliphatic heterocycles. The van der Waals surface area contributed by atoms with Gasteiger partial charge >= 0.3 is 0 Å². The average molecular weight is 437 g/mol. The summed E-state index contributed by atoms with van der Waals surface area (Å²) in [5, 5.41) is 3.97. The number of ether oxygens (including phenoxy) is 1. The number of aromatic nitrogens is 2. The Kier molecular flexibility index (Phi) is 5.31. The Balaban J connectivity index is 1.46. The molecular formula is C23H21ClN4O3. The van der Waals surface area contributed by atoms with E-state index in [0.717, 1.165) is 35.2 Å². The van der Waals surface area contributed by atoms with Gasteiger partial charge in [-0.05, 0) is 35.4 Å². The molecule has 2 aromatic carbocycles. The topological polar surface area (TPSA) is 75.9 Å². The molecule has 0 saturated carbocycles. The Morgan fingerprint density at radius 3 is 2.68 bits per heavy atom. The Morgan fingerprint density at radius 2 is 1.90 bits per heavy atom. The molecule has 2 aromatic heterocycles. The average Bonchev–Trinajstić information content (AvgIpc) is 3.19. The minimum Gasteiger partial charge on any atom is -0.379 e. The maximum Gasteiger partial charge on any atom is 0.257 e. The molecule has 0 aliphatic carbocycles. The van der Waals surface area contributed by atoms with Gasteiger partial charge in [0.25, 0.3) is 5.91 Å². The normalized spacial score (nSPS) is 15.0. The van der Waals surface area contributed by atoms with Crippen LogP contribution < -0.4 is 10.7 Å². The number of nitrogens with zero attached hydrogens (tertiary/aromatic N) is 3. The second-order valence-electron chi connectivity index (χ2n) is 7.73. The fourth-order valence-corrected chi connectivity index (χ4v) is 4.12. The highest BCUT2D eigenvalue weighted by Crippen LogP contribution is 2.22. The van der Waals surface area contributed by atoms with Crippen LogP contribution in [0, 0.1) is 0 Å². The smallest absolute Gasteiger partial charge is 0.257 e. The number of amides is 1. The summed E-state index contributed by atoms with van der Waals surface area (Å²) in [6.07, 6.45) is 3.20. The fraction of sp³-hybridized carbons (Fsp3) is 0.261. The fourth-order valence-electron chi connectivity index (χ4n) is 3.99. The summed E-state index contributed by atoms with van der Waals surface area (Å²) >= 11 is 5.91. The Morgan fingerprint density at radius 1 is 1.13 bits per heavy atom. The van der Waals surface area contributed by atoms with Gasteiger partial charge in [-0.25, -0.2) is 4.98 Å². The van der Waals surface area contributed by atoms with E-state index in [-0.39, 0.29) is 11.0 Å². The van der Waals surface area contributed by atoms with Crippen LogP contribution in [-0.2, 0) is 17.8 Å². The van der Waals surface area contributed by atoms with Gasteiger partial charge in [0.05, 0.1) is 30.6 Å². The first kappa shape index (κ1) is 19.9. The van der Waals surface area contributed by atoms with Crippen LogP contribution in [0.5, 0.6) is 0 Å². The van der Waals surface area contributed by atoms with Crippen molar-refractivity contribution in [2.75, 3.05) is 26.3 Å². The first-order valence-corrected chi connectivity index (χ1v) is 10.5. The second kappa shape index (κ2) is 8.26. The minimum absolute atomic E-state index is 0.101. The Bertz CT molecular complexity index is 1300. The Hall–Kier alpha value is -3.00. The molecule has 3 heterocycles. The first-order valence-electron chi connectivity index (χ1n) is 10.2. The lowest BCUT2D eigenvalue weighted by Gasteiger charge is -2.26. The van der Waals surface area contributed by atoms with Crippen LogP contribution in [0.4, 0.5) is 0 Å². The van der Waals surface area contributed by atoms with E-state index in [2.05, 4.69) is 15.2 Å². The molecule has 1 fully saturated rings. The predicted molar refractivity (Wildman–Crippen MR) is 119 cm³/mol. The lowest BCUT2D eigenvalue weighted by atomic mass is 10.1. The SMILES string of the molecule is O=C(NCc1ccc(Cl)cc1)c1cn2cnc3cc(CN4CCOCC4)cc(c1=O)c32. The van der Waals surface area contributed by atoms with Crippen molar-refractivity contribution < 1.29 is 9.53 Å². The monoisotopic (exact) mass is 436 g/mol. The van der Waals surface area contributed by atoms with E-state index >= 15 is 0 Å². The summed E-state index contributed by atoms with van der Waals surface area (Å²) in [4.78, 5) is 32.8. The zero-order chi connectivity index (χ0) is 21.4. The largest absolute Gasteiger partial charge is 0.379 e. The molecule has 0 atom stereocenters. The molecule has 1 N–H and O–H groups in total. The maximum atomic E-state index is 13.2. The van der Waals surface area contributed by atoms with E-state index in [4.69, 9.17) is 16.3 Å². The molecule has 0 spiro atoms. The quantitative estimate of drug-likeness (QED) is 0.520. The molecule has 0 radical (unpaired) electrons. The molecule has 1 saturated heterocycles. The number of morpholine rings is 1. The lowest BCUT2D eigenvalue weighted by molar-refractivity contribution is 0.0342. The number of halogens is 1. The summed E-state index contributed by atoms with van der Waals surface area (Å²) in [6.45, 7) is 4.16. The molecule has 8 heteroatoms. The predicted octanol–water partition coefficient (Wildman–Crippen LogP) is 2.70. The number of benzene rings is 2. The number of nitrogens with one attached hydrogen (secondary N) is 1. The van der Waals surface area contributed by atoms with Crippen LogP contribution in [0.15, 0.2) is 53.7 Å². The summed E-state index contributed by atoms with van der Waals surface area (Å²) < 4.78 is 7.17. The van der Waals surface area contributed by atoms with Crippen LogP contribution in [0.2, 0.25) is 5.02 Å². The number of imidazole rings is 1. The van der Waals surface area contributed by atoms with Gasteiger partial charge in [-0.1, -0.05) is 23.7 Å². The second-order valence-corrected chi connectivity index (χ2v) is 8.17. The van der Waals surface area contributed by atoms with E-state index in [1.54, 1.807) is 29.1 Å². The maximum absolute atomic E-state index is 13.2. The van der Waals surface area contributed by atoms with Crippen molar-refractivity contribution in [3.05, 3.63) is 80.9 Å². The molecule has 158 valence electrons. The third-order valence-electron chi connectivity index (χ3n) is 5.61. The standard InChI is InChI=1S/C23H21ClN4O3/c24-17-3-1-15(2-4-17)11-25-23(30)19-13-28-14-26-20-10-16(9-18(21(20)28)22(19)29)12-27-5-7-31-8-6-27/h1-4,9-10,13-14H,5-8,11-12H2,(H,25,30). The third kappa shape index (κ3) is 3.99. The van der Waals surface area contributed by atoms with Gasteiger partial charge in [-0.2, -0.15) is 0 Å². The van der Waals surface area contributed by atoms with Gasteiger partial charge in [-0.3, -0.25) is 14.5 Å². The first-order chi connectivity index (χ1) is 15.1.